The van der Waals surface area contributed by atoms with Crippen molar-refractivity contribution in [2.75, 3.05) is 5.43 Å². The number of H-pyrrole nitrogens is 2. The van der Waals surface area contributed by atoms with Gasteiger partial charge in [0.2, 0.25) is 0 Å². The second-order valence-electron chi connectivity index (χ2n) is 2.32. The van der Waals surface area contributed by atoms with Gasteiger partial charge in [-0.05, 0) is 0 Å². The highest BCUT2D eigenvalue weighted by molar-refractivity contribution is 5.85. The molecule has 0 aliphatic heterocycles. The van der Waals surface area contributed by atoms with Crippen molar-refractivity contribution in [1.29, 1.82) is 0 Å². The number of hydrazone groups is 1. The first-order valence-corrected chi connectivity index (χ1v) is 3.46. The molecular formula is C6H6N6O. The van der Waals surface area contributed by atoms with E-state index >= 15 is 0 Å². The molecule has 2 aromatic rings. The quantitative estimate of drug-likeness (QED) is 0.433. The molecule has 0 bridgehead atoms. The number of rotatable bonds is 2. The first kappa shape index (κ1) is 7.47. The molecule has 13 heavy (non-hydrogen) atoms. The molecule has 0 spiro atoms. The van der Waals surface area contributed by atoms with Gasteiger partial charge in [-0.25, -0.2) is 4.79 Å². The topological polar surface area (TPSA) is 98.8 Å². The highest BCUT2D eigenvalue weighted by atomic mass is 16.1. The second kappa shape index (κ2) is 2.70. The highest BCUT2D eigenvalue weighted by Gasteiger charge is 2.04. The average molecular weight is 178 g/mol. The lowest BCUT2D eigenvalue weighted by Gasteiger charge is -1.98. The highest BCUT2D eigenvalue weighted by Crippen LogP contribution is 2.13. The van der Waals surface area contributed by atoms with Gasteiger partial charge in [0.15, 0.2) is 5.65 Å². The van der Waals surface area contributed by atoms with Crippen molar-refractivity contribution in [2.45, 2.75) is 0 Å². The molecule has 0 aliphatic carbocycles. The van der Waals surface area contributed by atoms with E-state index in [-0.39, 0.29) is 0 Å². The van der Waals surface area contributed by atoms with Gasteiger partial charge in [-0.3, -0.25) is 15.5 Å². The Bertz CT molecular complexity index is 497. The molecule has 0 aliphatic rings. The van der Waals surface area contributed by atoms with Crippen LogP contribution in [0, 0.1) is 0 Å². The molecule has 2 aromatic heterocycles. The van der Waals surface area contributed by atoms with Crippen LogP contribution in [-0.2, 0) is 0 Å². The van der Waals surface area contributed by atoms with Crippen molar-refractivity contribution in [3.8, 4) is 0 Å². The molecule has 0 saturated carbocycles. The van der Waals surface area contributed by atoms with Crippen LogP contribution >= 0.6 is 0 Å². The smallest absolute Gasteiger partial charge is 0.290 e. The van der Waals surface area contributed by atoms with Gasteiger partial charge in [0, 0.05) is 6.72 Å². The van der Waals surface area contributed by atoms with Gasteiger partial charge in [-0.1, -0.05) is 0 Å². The van der Waals surface area contributed by atoms with Gasteiger partial charge in [0.25, 0.3) is 0 Å². The van der Waals surface area contributed by atoms with E-state index in [9.17, 15) is 4.79 Å². The van der Waals surface area contributed by atoms with E-state index in [4.69, 9.17) is 0 Å². The lowest BCUT2D eigenvalue weighted by molar-refractivity contribution is 1.06. The molecule has 2 rings (SSSR count). The minimum absolute atomic E-state index is 0.412. The van der Waals surface area contributed by atoms with Crippen molar-refractivity contribution in [3.63, 3.8) is 0 Å². The fraction of sp³-hybridized carbons (Fsp3) is 0. The van der Waals surface area contributed by atoms with Gasteiger partial charge >= 0.3 is 5.69 Å². The average Bonchev–Trinajstić information content (AvgIpc) is 2.52. The summed E-state index contributed by atoms with van der Waals surface area (Å²) in [6.07, 6.45) is 1.53. The van der Waals surface area contributed by atoms with Gasteiger partial charge in [0.1, 0.15) is 5.82 Å². The zero-order valence-corrected chi connectivity index (χ0v) is 6.53. The van der Waals surface area contributed by atoms with Crippen molar-refractivity contribution >= 4 is 23.6 Å². The van der Waals surface area contributed by atoms with E-state index in [2.05, 4.69) is 37.4 Å². The maximum Gasteiger partial charge on any atom is 0.348 e. The summed E-state index contributed by atoms with van der Waals surface area (Å²) in [5.74, 6) is 0.429. The summed E-state index contributed by atoms with van der Waals surface area (Å²) < 4.78 is 0. The molecule has 0 fully saturated rings. The van der Waals surface area contributed by atoms with Crippen molar-refractivity contribution in [1.82, 2.24) is 20.2 Å². The summed E-state index contributed by atoms with van der Waals surface area (Å²) in [6, 6.07) is 0. The summed E-state index contributed by atoms with van der Waals surface area (Å²) in [6.45, 7) is 3.24. The molecular weight excluding hydrogens is 172 g/mol. The monoisotopic (exact) mass is 178 g/mol. The maximum absolute atomic E-state index is 11.0. The minimum Gasteiger partial charge on any atom is -0.290 e. The SMILES string of the molecule is C=NNc1[nH]c(=O)nc2[nH]ncc12. The number of nitrogens with zero attached hydrogens (tertiary/aromatic N) is 3. The Labute approximate surface area is 71.9 Å². The Balaban J connectivity index is 2.76. The van der Waals surface area contributed by atoms with Crippen molar-refractivity contribution in [2.24, 2.45) is 5.10 Å². The zero-order chi connectivity index (χ0) is 9.26. The van der Waals surface area contributed by atoms with Crippen LogP contribution in [0.1, 0.15) is 0 Å². The van der Waals surface area contributed by atoms with E-state index in [1.54, 1.807) is 0 Å². The fourth-order valence-electron chi connectivity index (χ4n) is 1.02. The molecule has 0 amide bonds. The van der Waals surface area contributed by atoms with Crippen LogP contribution in [0.25, 0.3) is 11.0 Å². The molecule has 0 atom stereocenters. The number of hydrogen-bond acceptors (Lipinski definition) is 5. The Hall–Kier alpha value is -2.18. The van der Waals surface area contributed by atoms with E-state index in [1.165, 1.54) is 6.20 Å². The Kier molecular flexibility index (Phi) is 1.55. The van der Waals surface area contributed by atoms with Crippen LogP contribution in [0.5, 0.6) is 0 Å². The van der Waals surface area contributed by atoms with Crippen molar-refractivity contribution in [3.05, 3.63) is 16.7 Å². The lowest BCUT2D eigenvalue weighted by Crippen LogP contribution is -2.11. The third-order valence-corrected chi connectivity index (χ3v) is 1.52. The van der Waals surface area contributed by atoms with Gasteiger partial charge < -0.3 is 0 Å². The molecule has 0 aromatic carbocycles. The predicted octanol–water partition coefficient (Wildman–Crippen LogP) is -0.326. The zero-order valence-electron chi connectivity index (χ0n) is 6.53. The predicted molar refractivity (Wildman–Crippen MR) is 47.7 cm³/mol. The number of fused-ring (bicyclic) bond motifs is 1. The van der Waals surface area contributed by atoms with Crippen LogP contribution in [-0.4, -0.2) is 26.9 Å². The molecule has 7 nitrogen and oxygen atoms in total. The summed E-state index contributed by atoms with van der Waals surface area (Å²) in [4.78, 5) is 17.1. The normalized spacial score (nSPS) is 10.2. The molecule has 0 unspecified atom stereocenters. The summed E-state index contributed by atoms with van der Waals surface area (Å²) >= 11 is 0. The first-order valence-electron chi connectivity index (χ1n) is 3.46. The Morgan fingerprint density at radius 3 is 3.23 bits per heavy atom. The third-order valence-electron chi connectivity index (χ3n) is 1.52. The first-order chi connectivity index (χ1) is 6.31. The number of aromatic nitrogens is 4. The number of anilines is 1. The number of aromatic amines is 2. The minimum atomic E-state index is -0.470. The van der Waals surface area contributed by atoms with Crippen LogP contribution in [0.3, 0.4) is 0 Å². The molecule has 0 saturated heterocycles. The van der Waals surface area contributed by atoms with Gasteiger partial charge in [0.05, 0.1) is 11.6 Å². The third kappa shape index (κ3) is 1.15. The summed E-state index contributed by atoms with van der Waals surface area (Å²) in [7, 11) is 0. The molecule has 66 valence electrons. The van der Waals surface area contributed by atoms with Crippen LogP contribution in [0.15, 0.2) is 16.1 Å². The summed E-state index contributed by atoms with van der Waals surface area (Å²) in [5, 5.41) is 10.4. The van der Waals surface area contributed by atoms with Crippen LogP contribution in [0.4, 0.5) is 5.82 Å². The fourth-order valence-corrected chi connectivity index (χ4v) is 1.02. The van der Waals surface area contributed by atoms with Crippen molar-refractivity contribution < 1.29 is 0 Å². The van der Waals surface area contributed by atoms with E-state index in [0.717, 1.165) is 0 Å². The van der Waals surface area contributed by atoms with E-state index < -0.39 is 5.69 Å². The Morgan fingerprint density at radius 1 is 1.62 bits per heavy atom. The van der Waals surface area contributed by atoms with Crippen LogP contribution < -0.4 is 11.1 Å². The number of hydrogen-bond donors (Lipinski definition) is 3. The van der Waals surface area contributed by atoms with E-state index in [0.29, 0.717) is 16.9 Å². The van der Waals surface area contributed by atoms with Gasteiger partial charge in [-0.2, -0.15) is 15.2 Å². The summed E-state index contributed by atoms with van der Waals surface area (Å²) in [5.41, 5.74) is 2.48. The standard InChI is InChI=1S/C6H6N6O/c1-7-11-4-3-2-8-12-5(3)10-6(13)9-4/h2H,1H2,(H3,8,9,10,11,12,13). The van der Waals surface area contributed by atoms with Crippen LogP contribution in [0.2, 0.25) is 0 Å². The maximum atomic E-state index is 11.0. The largest absolute Gasteiger partial charge is 0.348 e. The molecule has 0 radical (unpaired) electrons. The molecule has 2 heterocycles. The molecule has 3 N–H and O–H groups in total. The Morgan fingerprint density at radius 2 is 2.46 bits per heavy atom. The second-order valence-corrected chi connectivity index (χ2v) is 2.32. The number of nitrogens with one attached hydrogen (secondary N) is 3. The van der Waals surface area contributed by atoms with Gasteiger partial charge in [-0.15, -0.1) is 0 Å². The lowest BCUT2D eigenvalue weighted by atomic mass is 10.4. The van der Waals surface area contributed by atoms with E-state index in [1.807, 2.05) is 0 Å². The molecule has 7 heteroatoms.